The van der Waals surface area contributed by atoms with E-state index in [0.717, 1.165) is 0 Å². The van der Waals surface area contributed by atoms with Gasteiger partial charge in [0.05, 0.1) is 12.6 Å². The summed E-state index contributed by atoms with van der Waals surface area (Å²) in [6.45, 7) is 18.0. The van der Waals surface area contributed by atoms with E-state index in [1.165, 1.54) is 6.92 Å². The second-order valence-corrected chi connectivity index (χ2v) is 13.2. The van der Waals surface area contributed by atoms with Crippen molar-refractivity contribution in [1.82, 2.24) is 5.32 Å². The van der Waals surface area contributed by atoms with Crippen LogP contribution in [0.15, 0.2) is 42.5 Å². The lowest BCUT2D eigenvalue weighted by Crippen LogP contribution is -2.52. The molecule has 0 heterocycles. The SMILES string of the molecule is C=C(C)C(OC(C)=O)[C@H](CO[Si](C)(C)C(C)(C)C)NC(=O)c1ccccc1. The maximum absolute atomic E-state index is 12.7. The topological polar surface area (TPSA) is 64.6 Å². The quantitative estimate of drug-likeness (QED) is 0.407. The van der Waals surface area contributed by atoms with Gasteiger partial charge in [-0.25, -0.2) is 0 Å². The molecule has 0 aliphatic heterocycles. The lowest BCUT2D eigenvalue weighted by molar-refractivity contribution is -0.146. The Hall–Kier alpha value is -1.92. The molecule has 1 unspecified atom stereocenters. The summed E-state index contributed by atoms with van der Waals surface area (Å²) in [6, 6.07) is 8.42. The normalized spacial score (nSPS) is 14.2. The van der Waals surface area contributed by atoms with Crippen LogP contribution in [0.5, 0.6) is 0 Å². The zero-order chi connectivity index (χ0) is 20.8. The standard InChI is InChI=1S/C21H33NO4Si/c1-15(2)19(26-16(3)23)18(14-25-27(7,8)21(4,5)6)22-20(24)17-12-10-9-11-13-17/h9-13,18-19H,1,14H2,2-8H3,(H,22,24)/t18-,19?/m0/s1. The summed E-state index contributed by atoms with van der Waals surface area (Å²) in [5.41, 5.74) is 1.19. The van der Waals surface area contributed by atoms with Crippen LogP contribution in [-0.2, 0) is 14.0 Å². The highest BCUT2D eigenvalue weighted by Gasteiger charge is 2.39. The van der Waals surface area contributed by atoms with Crippen molar-refractivity contribution in [2.24, 2.45) is 0 Å². The molecule has 0 aliphatic rings. The number of benzene rings is 1. The van der Waals surface area contributed by atoms with Crippen LogP contribution in [-0.4, -0.2) is 38.9 Å². The summed E-state index contributed by atoms with van der Waals surface area (Å²) in [5, 5.41) is 2.99. The minimum Gasteiger partial charge on any atom is -0.456 e. The van der Waals surface area contributed by atoms with E-state index in [9.17, 15) is 9.59 Å². The van der Waals surface area contributed by atoms with E-state index >= 15 is 0 Å². The zero-order valence-electron chi connectivity index (χ0n) is 17.6. The molecule has 0 fully saturated rings. The smallest absolute Gasteiger partial charge is 0.303 e. The average Bonchev–Trinajstić information content (AvgIpc) is 2.55. The fourth-order valence-corrected chi connectivity index (χ4v) is 3.29. The number of amides is 1. The number of carbonyl (C=O) groups excluding carboxylic acids is 2. The number of hydrogen-bond donors (Lipinski definition) is 1. The largest absolute Gasteiger partial charge is 0.456 e. The van der Waals surface area contributed by atoms with Crippen LogP contribution in [0.2, 0.25) is 18.1 Å². The minimum absolute atomic E-state index is 0.0289. The number of esters is 1. The van der Waals surface area contributed by atoms with Crippen molar-refractivity contribution < 1.29 is 18.8 Å². The van der Waals surface area contributed by atoms with Crippen molar-refractivity contribution >= 4 is 20.2 Å². The number of carbonyl (C=O) groups is 2. The van der Waals surface area contributed by atoms with Gasteiger partial charge in [-0.15, -0.1) is 0 Å². The van der Waals surface area contributed by atoms with E-state index in [4.69, 9.17) is 9.16 Å². The molecule has 0 aliphatic carbocycles. The van der Waals surface area contributed by atoms with Crippen molar-refractivity contribution in [3.63, 3.8) is 0 Å². The molecule has 2 atom stereocenters. The lowest BCUT2D eigenvalue weighted by atomic mass is 10.0. The first kappa shape index (κ1) is 23.1. The van der Waals surface area contributed by atoms with Gasteiger partial charge in [-0.3, -0.25) is 9.59 Å². The molecule has 0 saturated carbocycles. The average molecular weight is 392 g/mol. The van der Waals surface area contributed by atoms with Crippen LogP contribution in [0, 0.1) is 0 Å². The third kappa shape index (κ3) is 6.95. The molecule has 1 aromatic rings. The van der Waals surface area contributed by atoms with Gasteiger partial charge in [0.1, 0.15) is 6.10 Å². The fourth-order valence-electron chi connectivity index (χ4n) is 2.27. The molecule has 1 rings (SSSR count). The van der Waals surface area contributed by atoms with Gasteiger partial charge < -0.3 is 14.5 Å². The van der Waals surface area contributed by atoms with Gasteiger partial charge >= 0.3 is 5.97 Å². The summed E-state index contributed by atoms with van der Waals surface area (Å²) in [7, 11) is -2.04. The summed E-state index contributed by atoms with van der Waals surface area (Å²) < 4.78 is 11.7. The van der Waals surface area contributed by atoms with Crippen LogP contribution >= 0.6 is 0 Å². The predicted molar refractivity (Wildman–Crippen MR) is 111 cm³/mol. The minimum atomic E-state index is -2.04. The highest BCUT2D eigenvalue weighted by molar-refractivity contribution is 6.74. The molecule has 150 valence electrons. The van der Waals surface area contributed by atoms with Gasteiger partial charge in [0.15, 0.2) is 8.32 Å². The third-order valence-corrected chi connectivity index (χ3v) is 9.43. The Morgan fingerprint density at radius 1 is 1.15 bits per heavy atom. The van der Waals surface area contributed by atoms with E-state index in [-0.39, 0.29) is 17.6 Å². The second kappa shape index (κ2) is 9.33. The summed E-state index contributed by atoms with van der Waals surface area (Å²) in [6.07, 6.45) is -0.653. The first-order valence-electron chi connectivity index (χ1n) is 9.17. The van der Waals surface area contributed by atoms with Crippen molar-refractivity contribution in [1.29, 1.82) is 0 Å². The number of rotatable bonds is 8. The maximum Gasteiger partial charge on any atom is 0.303 e. The molecule has 1 N–H and O–H groups in total. The van der Waals surface area contributed by atoms with E-state index in [2.05, 4.69) is 45.8 Å². The van der Waals surface area contributed by atoms with Crippen LogP contribution in [0.3, 0.4) is 0 Å². The summed E-state index contributed by atoms with van der Waals surface area (Å²) >= 11 is 0. The Balaban J connectivity index is 3.05. The van der Waals surface area contributed by atoms with Gasteiger partial charge in [0.25, 0.3) is 5.91 Å². The zero-order valence-corrected chi connectivity index (χ0v) is 18.6. The van der Waals surface area contributed by atoms with Crippen molar-refractivity contribution in [2.45, 2.75) is 64.9 Å². The summed E-state index contributed by atoms with van der Waals surface area (Å²) in [4.78, 5) is 24.2. The predicted octanol–water partition coefficient (Wildman–Crippen LogP) is 4.31. The fraction of sp³-hybridized carbons (Fsp3) is 0.524. The lowest BCUT2D eigenvalue weighted by Gasteiger charge is -2.38. The van der Waals surface area contributed by atoms with Gasteiger partial charge in [-0.05, 0) is 42.8 Å². The highest BCUT2D eigenvalue weighted by atomic mass is 28.4. The summed E-state index contributed by atoms with van der Waals surface area (Å²) in [5.74, 6) is -0.660. The number of hydrogen-bond acceptors (Lipinski definition) is 4. The number of ether oxygens (including phenoxy) is 1. The van der Waals surface area contributed by atoms with E-state index in [1.807, 2.05) is 6.07 Å². The molecule has 5 nitrogen and oxygen atoms in total. The molecule has 0 bridgehead atoms. The molecule has 1 amide bonds. The van der Waals surface area contributed by atoms with Crippen molar-refractivity contribution in [3.05, 3.63) is 48.0 Å². The van der Waals surface area contributed by atoms with E-state index in [1.54, 1.807) is 31.2 Å². The monoisotopic (exact) mass is 391 g/mol. The Morgan fingerprint density at radius 3 is 2.15 bits per heavy atom. The Morgan fingerprint density at radius 2 is 1.70 bits per heavy atom. The van der Waals surface area contributed by atoms with Gasteiger partial charge in [0, 0.05) is 12.5 Å². The maximum atomic E-state index is 12.7. The van der Waals surface area contributed by atoms with E-state index in [0.29, 0.717) is 11.1 Å². The molecule has 0 spiro atoms. The van der Waals surface area contributed by atoms with Crippen molar-refractivity contribution in [3.8, 4) is 0 Å². The molecule has 6 heteroatoms. The second-order valence-electron chi connectivity index (χ2n) is 8.39. The number of nitrogens with one attached hydrogen (secondary N) is 1. The van der Waals surface area contributed by atoms with Crippen LogP contribution < -0.4 is 5.32 Å². The highest BCUT2D eigenvalue weighted by Crippen LogP contribution is 2.36. The van der Waals surface area contributed by atoms with Gasteiger partial charge in [0.2, 0.25) is 0 Å². The molecule has 0 radical (unpaired) electrons. The Bertz CT molecular complexity index is 665. The third-order valence-electron chi connectivity index (χ3n) is 4.93. The van der Waals surface area contributed by atoms with Crippen LogP contribution in [0.1, 0.15) is 45.0 Å². The van der Waals surface area contributed by atoms with E-state index < -0.39 is 26.4 Å². The molecular weight excluding hydrogens is 358 g/mol. The molecule has 1 aromatic carbocycles. The molecular formula is C21H33NO4Si. The van der Waals surface area contributed by atoms with Crippen LogP contribution in [0.25, 0.3) is 0 Å². The Kier molecular flexibility index (Phi) is 7.99. The molecule has 27 heavy (non-hydrogen) atoms. The molecule has 0 saturated heterocycles. The van der Waals surface area contributed by atoms with Crippen LogP contribution in [0.4, 0.5) is 0 Å². The van der Waals surface area contributed by atoms with Gasteiger partial charge in [-0.1, -0.05) is 45.5 Å². The van der Waals surface area contributed by atoms with Crippen molar-refractivity contribution in [2.75, 3.05) is 6.61 Å². The first-order chi connectivity index (χ1) is 12.3. The van der Waals surface area contributed by atoms with Gasteiger partial charge in [-0.2, -0.15) is 0 Å². The molecule has 0 aromatic heterocycles. The first-order valence-corrected chi connectivity index (χ1v) is 12.1. The Labute approximate surface area is 164 Å².